The van der Waals surface area contributed by atoms with E-state index in [2.05, 4.69) is 20.9 Å². The first kappa shape index (κ1) is 48.2. The predicted molar refractivity (Wildman–Crippen MR) is 239 cm³/mol. The number of carbonyl (C=O) groups is 5. The summed E-state index contributed by atoms with van der Waals surface area (Å²) < 4.78 is 11.5. The van der Waals surface area contributed by atoms with Crippen molar-refractivity contribution < 1.29 is 38.6 Å². The van der Waals surface area contributed by atoms with Crippen LogP contribution in [0.3, 0.4) is 0 Å². The van der Waals surface area contributed by atoms with Crippen molar-refractivity contribution in [2.45, 2.75) is 156 Å². The number of nitrogens with one attached hydrogen (secondary N) is 3. The molecule has 2 fully saturated rings. The van der Waals surface area contributed by atoms with E-state index in [4.69, 9.17) is 15.2 Å². The van der Waals surface area contributed by atoms with Gasteiger partial charge in [-0.2, -0.15) is 0 Å². The van der Waals surface area contributed by atoms with E-state index in [0.29, 0.717) is 19.4 Å². The Bertz CT molecular complexity index is 2020. The van der Waals surface area contributed by atoms with Gasteiger partial charge in [0.2, 0.25) is 23.6 Å². The van der Waals surface area contributed by atoms with Gasteiger partial charge >= 0.3 is 6.09 Å². The Kier molecular flexibility index (Phi) is 16.0. The maximum absolute atomic E-state index is 14.2. The van der Waals surface area contributed by atoms with Crippen LogP contribution < -0.4 is 21.7 Å². The summed E-state index contributed by atoms with van der Waals surface area (Å²) >= 11 is 1.58. The Hall–Kier alpha value is -4.86. The molecule has 0 bridgehead atoms. The molecule has 62 heavy (non-hydrogen) atoms. The van der Waals surface area contributed by atoms with Crippen molar-refractivity contribution in [2.75, 3.05) is 6.54 Å². The Morgan fingerprint density at radius 2 is 1.61 bits per heavy atom. The second-order valence-electron chi connectivity index (χ2n) is 19.1. The maximum Gasteiger partial charge on any atom is 0.407 e. The molecular formula is C47H66N6O8S. The summed E-state index contributed by atoms with van der Waals surface area (Å²) in [6.45, 7) is 15.4. The molecule has 2 aromatic carbocycles. The third-order valence-electron chi connectivity index (χ3n) is 11.6. The number of alkyl carbamates (subject to hydrolysis) is 1. The topological polar surface area (TPSA) is 202 Å². The fourth-order valence-corrected chi connectivity index (χ4v) is 8.58. The van der Waals surface area contributed by atoms with E-state index in [1.807, 2.05) is 88.7 Å². The van der Waals surface area contributed by atoms with Crippen molar-refractivity contribution in [1.82, 2.24) is 25.8 Å². The molecule has 338 valence electrons. The number of β-amino-alcohol motifs (C(OH)–C–C–N with tert-alkyl or cyclic N) is 1. The summed E-state index contributed by atoms with van der Waals surface area (Å²) in [5.41, 5.74) is 10.3. The first-order chi connectivity index (χ1) is 29.1. The van der Waals surface area contributed by atoms with Crippen LogP contribution in [0.1, 0.15) is 116 Å². The lowest BCUT2D eigenvalue weighted by Gasteiger charge is -2.36. The van der Waals surface area contributed by atoms with Gasteiger partial charge in [0.15, 0.2) is 0 Å². The van der Waals surface area contributed by atoms with Crippen LogP contribution in [0.5, 0.6) is 0 Å². The molecule has 2 aliphatic rings. The van der Waals surface area contributed by atoms with E-state index in [-0.39, 0.29) is 43.7 Å². The number of carbonyl (C=O) groups excluding carboxylic acids is 5. The molecule has 1 saturated carbocycles. The molecule has 15 heteroatoms. The molecule has 3 aromatic rings. The number of aliphatic hydroxyl groups excluding tert-OH is 1. The van der Waals surface area contributed by atoms with Crippen LogP contribution >= 0.6 is 11.3 Å². The number of nitrogens with zero attached hydrogens (tertiary/aromatic N) is 2. The Morgan fingerprint density at radius 3 is 2.19 bits per heavy atom. The van der Waals surface area contributed by atoms with Gasteiger partial charge in [-0.25, -0.2) is 9.78 Å². The van der Waals surface area contributed by atoms with Gasteiger partial charge in [-0.1, -0.05) is 69.3 Å². The normalized spacial score (nSPS) is 18.6. The third-order valence-corrected chi connectivity index (χ3v) is 12.6. The minimum atomic E-state index is -0.889. The van der Waals surface area contributed by atoms with Gasteiger partial charge in [-0.3, -0.25) is 19.2 Å². The van der Waals surface area contributed by atoms with E-state index in [1.54, 1.807) is 32.1 Å². The van der Waals surface area contributed by atoms with Gasteiger partial charge in [0.05, 0.1) is 40.9 Å². The molecule has 14 nitrogen and oxygen atoms in total. The summed E-state index contributed by atoms with van der Waals surface area (Å²) in [5, 5.41) is 19.5. The molecule has 5 amide bonds. The fraction of sp³-hybridized carbons (Fsp3) is 0.574. The molecule has 1 aromatic heterocycles. The molecule has 0 radical (unpaired) electrons. The molecule has 2 heterocycles. The van der Waals surface area contributed by atoms with Crippen LogP contribution in [0.15, 0.2) is 54.0 Å². The minimum absolute atomic E-state index is 0.0140. The average Bonchev–Trinajstić information content (AvgIpc) is 3.70. The summed E-state index contributed by atoms with van der Waals surface area (Å²) in [5.74, 6) is -1.33. The fourth-order valence-electron chi connectivity index (χ4n) is 7.76. The standard InChI is InChI=1S/C47H66N6O8S/c1-29-39(62-28-50-29)34-17-15-32(16-18-34)25-49-41(56)37-24-35(54)26-53(37)42(57)40(45(3,4)5)52-43(58)47(22-23-47)21-9-10-31-11-13-33(14-12-31)27-60-30(2)36(19-20-38(48)55)51-44(59)61-46(6,7)8/h11-18,28,30,35-37,40,54H,9-10,19-27H2,1-8H3,(H2,48,55)(H,49,56)(H,51,59)(H,52,58)/t30-,35-,36+,37+,40-/m1/s1. The van der Waals surface area contributed by atoms with Crippen LogP contribution in [0.2, 0.25) is 0 Å². The molecule has 1 saturated heterocycles. The Labute approximate surface area is 370 Å². The molecule has 6 N–H and O–H groups in total. The largest absolute Gasteiger partial charge is 0.444 e. The number of rotatable bonds is 19. The number of primary amides is 1. The lowest BCUT2D eigenvalue weighted by Crippen LogP contribution is -2.58. The molecule has 1 aliphatic heterocycles. The second kappa shape index (κ2) is 20.5. The lowest BCUT2D eigenvalue weighted by atomic mass is 9.84. The number of nitrogens with two attached hydrogens (primary N) is 1. The van der Waals surface area contributed by atoms with Crippen molar-refractivity contribution >= 4 is 41.1 Å². The summed E-state index contributed by atoms with van der Waals surface area (Å²) in [6, 6.07) is 13.8. The highest BCUT2D eigenvalue weighted by Gasteiger charge is 2.52. The highest BCUT2D eigenvalue weighted by molar-refractivity contribution is 7.13. The van der Waals surface area contributed by atoms with E-state index in [9.17, 15) is 29.1 Å². The van der Waals surface area contributed by atoms with Gasteiger partial charge in [0, 0.05) is 31.3 Å². The van der Waals surface area contributed by atoms with E-state index >= 15 is 0 Å². The van der Waals surface area contributed by atoms with Gasteiger partial charge in [-0.15, -0.1) is 11.3 Å². The van der Waals surface area contributed by atoms with Crippen LogP contribution in [0.25, 0.3) is 10.4 Å². The number of benzene rings is 2. The molecule has 1 aliphatic carbocycles. The average molecular weight is 875 g/mol. The minimum Gasteiger partial charge on any atom is -0.444 e. The number of aromatic nitrogens is 1. The highest BCUT2D eigenvalue weighted by atomic mass is 32.1. The van der Waals surface area contributed by atoms with Crippen molar-refractivity contribution in [2.24, 2.45) is 16.6 Å². The number of likely N-dealkylation sites (tertiary alicyclic amines) is 1. The van der Waals surface area contributed by atoms with Gasteiger partial charge < -0.3 is 41.2 Å². The Balaban J connectivity index is 1.11. The SMILES string of the molecule is Cc1ncsc1-c1ccc(CNC(=O)[C@@H]2C[C@@H](O)CN2C(=O)[C@@H](NC(=O)C2(CCCc3ccc(CO[C@H](C)[C@H](CCC(N)=O)NC(=O)OC(C)(C)C)cc3)CC2)C(C)(C)C)cc1. The van der Waals surface area contributed by atoms with Crippen molar-refractivity contribution in [3.8, 4) is 10.4 Å². The zero-order valence-electron chi connectivity index (χ0n) is 37.5. The first-order valence-corrected chi connectivity index (χ1v) is 22.6. The number of hydrogen-bond acceptors (Lipinski definition) is 10. The van der Waals surface area contributed by atoms with E-state index in [0.717, 1.165) is 58.5 Å². The van der Waals surface area contributed by atoms with Crippen molar-refractivity contribution in [3.05, 3.63) is 76.4 Å². The van der Waals surface area contributed by atoms with Gasteiger partial charge in [-0.05, 0) is 101 Å². The number of aryl methyl sites for hydroxylation is 2. The zero-order valence-corrected chi connectivity index (χ0v) is 38.4. The smallest absolute Gasteiger partial charge is 0.407 e. The maximum atomic E-state index is 14.2. The van der Waals surface area contributed by atoms with E-state index < -0.39 is 58.8 Å². The Morgan fingerprint density at radius 1 is 0.968 bits per heavy atom. The zero-order chi connectivity index (χ0) is 45.4. The molecule has 0 unspecified atom stereocenters. The van der Waals surface area contributed by atoms with Gasteiger partial charge in [0.25, 0.3) is 0 Å². The summed E-state index contributed by atoms with van der Waals surface area (Å²) in [4.78, 5) is 72.5. The van der Waals surface area contributed by atoms with E-state index in [1.165, 1.54) is 4.90 Å². The summed E-state index contributed by atoms with van der Waals surface area (Å²) in [6.07, 6.45) is 2.35. The third kappa shape index (κ3) is 13.6. The number of thiazole rings is 1. The number of hydrogen-bond donors (Lipinski definition) is 5. The molecule has 5 atom stereocenters. The lowest BCUT2D eigenvalue weighted by molar-refractivity contribution is -0.144. The quantitative estimate of drug-likeness (QED) is 0.0945. The predicted octanol–water partition coefficient (Wildman–Crippen LogP) is 6.09. The molecular weight excluding hydrogens is 809 g/mol. The molecule has 0 spiro atoms. The van der Waals surface area contributed by atoms with Crippen LogP contribution in [0.4, 0.5) is 4.79 Å². The van der Waals surface area contributed by atoms with Crippen LogP contribution in [-0.4, -0.2) is 87.2 Å². The first-order valence-electron chi connectivity index (χ1n) is 21.7. The van der Waals surface area contributed by atoms with Gasteiger partial charge in [0.1, 0.15) is 17.7 Å². The second-order valence-corrected chi connectivity index (χ2v) is 19.9. The molecule has 5 rings (SSSR count). The highest BCUT2D eigenvalue weighted by Crippen LogP contribution is 2.50. The number of aliphatic hydroxyl groups is 1. The summed E-state index contributed by atoms with van der Waals surface area (Å²) in [7, 11) is 0. The van der Waals surface area contributed by atoms with Crippen molar-refractivity contribution in [3.63, 3.8) is 0 Å². The monoisotopic (exact) mass is 874 g/mol. The van der Waals surface area contributed by atoms with Crippen LogP contribution in [0, 0.1) is 17.8 Å². The van der Waals surface area contributed by atoms with Crippen LogP contribution in [-0.2, 0) is 48.2 Å². The number of ether oxygens (including phenoxy) is 2. The van der Waals surface area contributed by atoms with Crippen molar-refractivity contribution in [1.29, 1.82) is 0 Å². The number of amides is 5.